The van der Waals surface area contributed by atoms with Crippen molar-refractivity contribution >= 4 is 0 Å². The van der Waals surface area contributed by atoms with Gasteiger partial charge in [-0.05, 0) is 33.6 Å². The predicted octanol–water partition coefficient (Wildman–Crippen LogP) is 3.98. The van der Waals surface area contributed by atoms with Gasteiger partial charge in [0.1, 0.15) is 0 Å². The highest BCUT2D eigenvalue weighted by Crippen LogP contribution is 2.35. The fourth-order valence-electron chi connectivity index (χ4n) is 1.74. The van der Waals surface area contributed by atoms with Crippen molar-refractivity contribution in [2.24, 2.45) is 11.1 Å². The second-order valence-corrected chi connectivity index (χ2v) is 6.69. The molecule has 0 amide bonds. The summed E-state index contributed by atoms with van der Waals surface area (Å²) in [6.07, 6.45) is 6.22. The zero-order valence-electron chi connectivity index (χ0n) is 13.4. The first-order valence-corrected chi connectivity index (χ1v) is 7.14. The summed E-state index contributed by atoms with van der Waals surface area (Å²) in [5.74, 6) is -0.134. The van der Waals surface area contributed by atoms with Gasteiger partial charge in [-0.15, -0.1) is 12.3 Å². The van der Waals surface area contributed by atoms with E-state index in [9.17, 15) is 8.78 Å². The number of nitrogens with two attached hydrogens (primary N) is 1. The number of halogens is 2. The highest BCUT2D eigenvalue weighted by molar-refractivity contribution is 4.91. The molecule has 0 rings (SSSR count). The number of hydrogen-bond donors (Lipinski definition) is 1. The van der Waals surface area contributed by atoms with E-state index in [1.54, 1.807) is 0 Å². The Kier molecular flexibility index (Phi) is 7.13. The molecule has 4 heteroatoms. The first kappa shape index (κ1) is 19.3. The largest absolute Gasteiger partial charge is 0.372 e. The van der Waals surface area contributed by atoms with Crippen LogP contribution in [0.5, 0.6) is 0 Å². The minimum Gasteiger partial charge on any atom is -0.372 e. The van der Waals surface area contributed by atoms with Crippen molar-refractivity contribution in [3.8, 4) is 12.3 Å². The Morgan fingerprint density at radius 2 is 1.70 bits per heavy atom. The molecule has 0 aliphatic carbocycles. The van der Waals surface area contributed by atoms with E-state index in [4.69, 9.17) is 16.9 Å². The Balaban J connectivity index is 4.76. The number of rotatable bonds is 9. The molecule has 0 spiro atoms. The molecule has 0 saturated carbocycles. The zero-order valence-corrected chi connectivity index (χ0v) is 13.4. The first-order chi connectivity index (χ1) is 8.95. The maximum absolute atomic E-state index is 13.0. The second-order valence-electron chi connectivity index (χ2n) is 6.69. The van der Waals surface area contributed by atoms with Gasteiger partial charge in [-0.2, -0.15) is 0 Å². The summed E-state index contributed by atoms with van der Waals surface area (Å²) in [4.78, 5) is 0. The van der Waals surface area contributed by atoms with Gasteiger partial charge in [-0.3, -0.25) is 0 Å². The molecular formula is C16H29F2NO. The Morgan fingerprint density at radius 3 is 2.10 bits per heavy atom. The lowest BCUT2D eigenvalue weighted by Gasteiger charge is -2.43. The van der Waals surface area contributed by atoms with Crippen LogP contribution < -0.4 is 5.73 Å². The molecule has 0 heterocycles. The van der Waals surface area contributed by atoms with E-state index < -0.39 is 11.5 Å². The second kappa shape index (κ2) is 7.38. The van der Waals surface area contributed by atoms with Gasteiger partial charge in [-0.1, -0.05) is 13.8 Å². The van der Waals surface area contributed by atoms with E-state index >= 15 is 0 Å². The molecule has 0 bridgehead atoms. The molecule has 2 N–H and O–H groups in total. The molecule has 0 aromatic rings. The van der Waals surface area contributed by atoms with Crippen molar-refractivity contribution in [3.05, 3.63) is 0 Å². The van der Waals surface area contributed by atoms with E-state index in [-0.39, 0.29) is 17.9 Å². The lowest BCUT2D eigenvalue weighted by Crippen LogP contribution is -2.48. The highest BCUT2D eigenvalue weighted by Gasteiger charge is 2.39. The molecule has 1 atom stereocenters. The van der Waals surface area contributed by atoms with Gasteiger partial charge in [-0.25, -0.2) is 8.78 Å². The van der Waals surface area contributed by atoms with E-state index in [1.165, 1.54) is 0 Å². The smallest absolute Gasteiger partial charge is 0.245 e. The summed E-state index contributed by atoms with van der Waals surface area (Å²) in [6, 6.07) is 0. The topological polar surface area (TPSA) is 35.2 Å². The van der Waals surface area contributed by atoms with E-state index in [0.29, 0.717) is 25.8 Å². The Morgan fingerprint density at radius 1 is 1.15 bits per heavy atom. The SMILES string of the molecule is C#CCCC(CCC(C)(F)F)OC(C)(C)C(C)(C)CN. The lowest BCUT2D eigenvalue weighted by molar-refractivity contribution is -0.142. The standard InChI is InChI=1S/C16H29F2NO/c1-7-8-9-13(10-11-16(6,17)18)20-15(4,5)14(2,3)12-19/h1,13H,8-12,19H2,2-6H3. The summed E-state index contributed by atoms with van der Waals surface area (Å²) in [7, 11) is 0. The first-order valence-electron chi connectivity index (χ1n) is 7.14. The van der Waals surface area contributed by atoms with Crippen LogP contribution in [0.4, 0.5) is 8.78 Å². The zero-order chi connectivity index (χ0) is 16.0. The molecular weight excluding hydrogens is 260 g/mol. The number of alkyl halides is 2. The van der Waals surface area contributed by atoms with E-state index in [1.807, 2.05) is 27.7 Å². The van der Waals surface area contributed by atoms with Crippen LogP contribution in [0.1, 0.15) is 60.3 Å². The van der Waals surface area contributed by atoms with Crippen LogP contribution in [-0.4, -0.2) is 24.2 Å². The van der Waals surface area contributed by atoms with Gasteiger partial charge < -0.3 is 10.5 Å². The maximum Gasteiger partial charge on any atom is 0.245 e. The minimum absolute atomic E-state index is 0.193. The van der Waals surface area contributed by atoms with Crippen LogP contribution in [0.2, 0.25) is 0 Å². The monoisotopic (exact) mass is 289 g/mol. The van der Waals surface area contributed by atoms with Gasteiger partial charge in [0.2, 0.25) is 5.92 Å². The Bertz CT molecular complexity index is 326. The third-order valence-corrected chi connectivity index (χ3v) is 4.12. The van der Waals surface area contributed by atoms with E-state index in [2.05, 4.69) is 5.92 Å². The van der Waals surface area contributed by atoms with Crippen LogP contribution in [0.25, 0.3) is 0 Å². The molecule has 0 aromatic carbocycles. The molecule has 0 aliphatic rings. The Labute approximate surface area is 122 Å². The van der Waals surface area contributed by atoms with Crippen LogP contribution in [0, 0.1) is 17.8 Å². The van der Waals surface area contributed by atoms with Crippen molar-refractivity contribution in [2.45, 2.75) is 77.9 Å². The van der Waals surface area contributed by atoms with Crippen molar-refractivity contribution in [2.75, 3.05) is 6.54 Å². The highest BCUT2D eigenvalue weighted by atomic mass is 19.3. The van der Waals surface area contributed by atoms with E-state index in [0.717, 1.165) is 6.92 Å². The van der Waals surface area contributed by atoms with Gasteiger partial charge in [0.25, 0.3) is 0 Å². The molecule has 0 fully saturated rings. The van der Waals surface area contributed by atoms with Crippen LogP contribution >= 0.6 is 0 Å². The van der Waals surface area contributed by atoms with Crippen molar-refractivity contribution in [1.82, 2.24) is 0 Å². The molecule has 0 radical (unpaired) electrons. The minimum atomic E-state index is -2.68. The molecule has 20 heavy (non-hydrogen) atoms. The van der Waals surface area contributed by atoms with Crippen LogP contribution in [0.15, 0.2) is 0 Å². The molecule has 1 unspecified atom stereocenters. The molecule has 0 aromatic heterocycles. The van der Waals surface area contributed by atoms with Gasteiger partial charge in [0.05, 0.1) is 11.7 Å². The summed E-state index contributed by atoms with van der Waals surface area (Å²) in [6.45, 7) is 9.32. The number of terminal acetylenes is 1. The fraction of sp³-hybridized carbons (Fsp3) is 0.875. The fourth-order valence-corrected chi connectivity index (χ4v) is 1.74. The predicted molar refractivity (Wildman–Crippen MR) is 79.7 cm³/mol. The van der Waals surface area contributed by atoms with Gasteiger partial charge in [0, 0.05) is 24.8 Å². The van der Waals surface area contributed by atoms with Gasteiger partial charge in [0.15, 0.2) is 0 Å². The van der Waals surface area contributed by atoms with Crippen LogP contribution in [0.3, 0.4) is 0 Å². The maximum atomic E-state index is 13.0. The third kappa shape index (κ3) is 6.67. The van der Waals surface area contributed by atoms with Crippen molar-refractivity contribution in [3.63, 3.8) is 0 Å². The third-order valence-electron chi connectivity index (χ3n) is 4.12. The van der Waals surface area contributed by atoms with Crippen molar-refractivity contribution in [1.29, 1.82) is 0 Å². The summed E-state index contributed by atoms with van der Waals surface area (Å²) < 4.78 is 32.1. The average Bonchev–Trinajstić information content (AvgIpc) is 2.31. The number of hydrogen-bond acceptors (Lipinski definition) is 2. The molecule has 0 saturated heterocycles. The van der Waals surface area contributed by atoms with Gasteiger partial charge >= 0.3 is 0 Å². The van der Waals surface area contributed by atoms with Crippen molar-refractivity contribution < 1.29 is 13.5 Å². The average molecular weight is 289 g/mol. The normalized spacial score (nSPS) is 14.9. The number of ether oxygens (including phenoxy) is 1. The summed E-state index contributed by atoms with van der Waals surface area (Å²) in [5.41, 5.74) is 5.04. The molecule has 118 valence electrons. The Hall–Kier alpha value is -0.660. The quantitative estimate of drug-likeness (QED) is 0.652. The lowest BCUT2D eigenvalue weighted by atomic mass is 9.77. The molecule has 2 nitrogen and oxygen atoms in total. The summed E-state index contributed by atoms with van der Waals surface area (Å²) >= 11 is 0. The summed E-state index contributed by atoms with van der Waals surface area (Å²) in [5, 5.41) is 0. The molecule has 0 aliphatic heterocycles. The van der Waals surface area contributed by atoms with Crippen LogP contribution in [-0.2, 0) is 4.74 Å².